The zero-order chi connectivity index (χ0) is 19.8. The fraction of sp³-hybridized carbons (Fsp3) is 0. The van der Waals surface area contributed by atoms with Crippen LogP contribution in [0.3, 0.4) is 0 Å². The molecule has 0 aliphatic carbocycles. The van der Waals surface area contributed by atoms with Gasteiger partial charge in [0, 0.05) is 5.69 Å². The molecule has 0 bridgehead atoms. The normalized spacial score (nSPS) is 12.8. The molecule has 0 radical (unpaired) electrons. The summed E-state index contributed by atoms with van der Waals surface area (Å²) in [6, 6.07) is 14.9. The second-order valence-electron chi connectivity index (χ2n) is 5.89. The number of nitrogens with one attached hydrogen (secondary N) is 1. The second-order valence-corrected chi connectivity index (χ2v) is 5.89. The molecule has 9 nitrogen and oxygen atoms in total. The summed E-state index contributed by atoms with van der Waals surface area (Å²) >= 11 is 0. The first-order chi connectivity index (χ1) is 13.5. The molecule has 0 atom stereocenters. The number of hydrogen-bond acceptors (Lipinski definition) is 6. The predicted molar refractivity (Wildman–Crippen MR) is 97.3 cm³/mol. The number of carbonyl (C=O) groups is 3. The van der Waals surface area contributed by atoms with E-state index >= 15 is 0 Å². The van der Waals surface area contributed by atoms with E-state index in [9.17, 15) is 24.5 Å². The Hall–Kier alpha value is -4.27. The van der Waals surface area contributed by atoms with Crippen molar-refractivity contribution < 1.29 is 23.7 Å². The fourth-order valence-electron chi connectivity index (χ4n) is 2.86. The van der Waals surface area contributed by atoms with Crippen LogP contribution in [0.1, 0.15) is 31.3 Å². The van der Waals surface area contributed by atoms with Crippen molar-refractivity contribution in [1.82, 2.24) is 0 Å². The van der Waals surface area contributed by atoms with Gasteiger partial charge >= 0.3 is 5.88 Å². The number of benzene rings is 2. The van der Waals surface area contributed by atoms with Crippen molar-refractivity contribution in [1.29, 1.82) is 0 Å². The van der Waals surface area contributed by atoms with Crippen LogP contribution in [0.5, 0.6) is 0 Å². The van der Waals surface area contributed by atoms with Crippen molar-refractivity contribution in [3.05, 3.63) is 87.7 Å². The van der Waals surface area contributed by atoms with Crippen molar-refractivity contribution in [2.24, 2.45) is 0 Å². The van der Waals surface area contributed by atoms with E-state index in [4.69, 9.17) is 4.42 Å². The molecule has 0 saturated heterocycles. The molecular weight excluding hydrogens is 366 g/mol. The number of amides is 3. The third-order valence-electron chi connectivity index (χ3n) is 4.17. The maximum atomic E-state index is 12.5. The van der Waals surface area contributed by atoms with Gasteiger partial charge in [0.15, 0.2) is 5.76 Å². The topological polar surface area (TPSA) is 123 Å². The van der Waals surface area contributed by atoms with Crippen LogP contribution < -0.4 is 10.2 Å². The summed E-state index contributed by atoms with van der Waals surface area (Å²) in [5.74, 6) is -2.25. The van der Waals surface area contributed by atoms with E-state index in [1.807, 2.05) is 0 Å². The van der Waals surface area contributed by atoms with Gasteiger partial charge in [-0.05, 0) is 42.5 Å². The molecule has 138 valence electrons. The first-order valence-electron chi connectivity index (χ1n) is 8.09. The zero-order valence-electron chi connectivity index (χ0n) is 14.1. The van der Waals surface area contributed by atoms with Crippen LogP contribution >= 0.6 is 0 Å². The molecule has 1 aliphatic rings. The highest BCUT2D eigenvalue weighted by atomic mass is 16.6. The van der Waals surface area contributed by atoms with Crippen LogP contribution in [0.15, 0.2) is 65.1 Å². The van der Waals surface area contributed by atoms with E-state index in [2.05, 4.69) is 5.32 Å². The molecule has 1 N–H and O–H groups in total. The van der Waals surface area contributed by atoms with E-state index in [-0.39, 0.29) is 5.76 Å². The van der Waals surface area contributed by atoms with Gasteiger partial charge in [0.2, 0.25) is 0 Å². The summed E-state index contributed by atoms with van der Waals surface area (Å²) in [6.07, 6.45) is 0. The van der Waals surface area contributed by atoms with Gasteiger partial charge in [-0.25, -0.2) is 4.90 Å². The maximum Gasteiger partial charge on any atom is 0.433 e. The summed E-state index contributed by atoms with van der Waals surface area (Å²) in [4.78, 5) is 48.0. The van der Waals surface area contributed by atoms with Crippen LogP contribution in [0.4, 0.5) is 17.3 Å². The summed E-state index contributed by atoms with van der Waals surface area (Å²) in [5, 5.41) is 13.1. The van der Waals surface area contributed by atoms with Crippen LogP contribution in [-0.4, -0.2) is 22.6 Å². The average molecular weight is 377 g/mol. The predicted octanol–water partition coefficient (Wildman–Crippen LogP) is 3.24. The molecule has 0 saturated carbocycles. The lowest BCUT2D eigenvalue weighted by Crippen LogP contribution is -2.29. The molecule has 4 rings (SSSR count). The van der Waals surface area contributed by atoms with Gasteiger partial charge in [0.1, 0.15) is 4.92 Å². The largest absolute Gasteiger partial charge is 0.433 e. The standard InChI is InChI=1S/C19H11N3O6/c23-17(15-9-10-16(28-15)22(26)27)20-11-5-7-12(8-6-11)21-18(24)13-3-1-2-4-14(13)19(21)25/h1-10H,(H,20,23). The number of fused-ring (bicyclic) bond motifs is 1. The minimum absolute atomic E-state index is 0.212. The Labute approximate surface area is 157 Å². The highest BCUT2D eigenvalue weighted by Crippen LogP contribution is 2.29. The van der Waals surface area contributed by atoms with Gasteiger partial charge in [0.05, 0.1) is 22.9 Å². The third kappa shape index (κ3) is 2.80. The van der Waals surface area contributed by atoms with Gasteiger partial charge in [-0.2, -0.15) is 0 Å². The van der Waals surface area contributed by atoms with Crippen molar-refractivity contribution in [2.75, 3.05) is 10.2 Å². The lowest BCUT2D eigenvalue weighted by Gasteiger charge is -2.14. The van der Waals surface area contributed by atoms with Crippen LogP contribution in [0.2, 0.25) is 0 Å². The number of hydrogen-bond donors (Lipinski definition) is 1. The minimum atomic E-state index is -0.742. The Morgan fingerprint density at radius 3 is 2.07 bits per heavy atom. The molecule has 0 spiro atoms. The van der Waals surface area contributed by atoms with Gasteiger partial charge in [0.25, 0.3) is 17.7 Å². The van der Waals surface area contributed by atoms with Gasteiger partial charge in [-0.15, -0.1) is 0 Å². The fourth-order valence-corrected chi connectivity index (χ4v) is 2.86. The molecule has 2 aromatic carbocycles. The number of nitro groups is 1. The van der Waals surface area contributed by atoms with Gasteiger partial charge in [-0.3, -0.25) is 24.5 Å². The lowest BCUT2D eigenvalue weighted by atomic mass is 10.1. The SMILES string of the molecule is O=C(Nc1ccc(N2C(=O)c3ccccc3C2=O)cc1)c1ccc([N+](=O)[O-])o1. The van der Waals surface area contributed by atoms with E-state index in [1.54, 1.807) is 24.3 Å². The van der Waals surface area contributed by atoms with E-state index in [1.165, 1.54) is 30.3 Å². The summed E-state index contributed by atoms with van der Waals surface area (Å²) in [5.41, 5.74) is 1.40. The van der Waals surface area contributed by atoms with Crippen LogP contribution in [-0.2, 0) is 0 Å². The lowest BCUT2D eigenvalue weighted by molar-refractivity contribution is -0.402. The van der Waals surface area contributed by atoms with E-state index < -0.39 is 28.5 Å². The van der Waals surface area contributed by atoms with Crippen molar-refractivity contribution in [2.45, 2.75) is 0 Å². The quantitative estimate of drug-likeness (QED) is 0.423. The van der Waals surface area contributed by atoms with Crippen LogP contribution in [0.25, 0.3) is 0 Å². The zero-order valence-corrected chi connectivity index (χ0v) is 14.1. The molecule has 9 heteroatoms. The molecule has 1 aromatic heterocycles. The number of furan rings is 1. The van der Waals surface area contributed by atoms with Crippen LogP contribution in [0, 0.1) is 10.1 Å². The van der Waals surface area contributed by atoms with Gasteiger partial charge < -0.3 is 9.73 Å². The van der Waals surface area contributed by atoms with E-state index in [0.29, 0.717) is 22.5 Å². The highest BCUT2D eigenvalue weighted by Gasteiger charge is 2.36. The number of nitrogens with zero attached hydrogens (tertiary/aromatic N) is 2. The Morgan fingerprint density at radius 2 is 1.54 bits per heavy atom. The molecule has 0 fully saturated rings. The molecule has 28 heavy (non-hydrogen) atoms. The monoisotopic (exact) mass is 377 g/mol. The number of carbonyl (C=O) groups excluding carboxylic acids is 3. The number of anilines is 2. The van der Waals surface area contributed by atoms with Crippen molar-refractivity contribution >= 4 is 35.0 Å². The number of rotatable bonds is 4. The molecule has 3 amide bonds. The van der Waals surface area contributed by atoms with Crippen molar-refractivity contribution in [3.63, 3.8) is 0 Å². The first kappa shape index (κ1) is 17.2. The third-order valence-corrected chi connectivity index (χ3v) is 4.17. The number of imide groups is 1. The highest BCUT2D eigenvalue weighted by molar-refractivity contribution is 6.34. The van der Waals surface area contributed by atoms with Gasteiger partial charge in [-0.1, -0.05) is 12.1 Å². The van der Waals surface area contributed by atoms with E-state index in [0.717, 1.165) is 11.0 Å². The first-order valence-corrected chi connectivity index (χ1v) is 8.09. The Morgan fingerprint density at radius 1 is 0.929 bits per heavy atom. The average Bonchev–Trinajstić information content (AvgIpc) is 3.28. The smallest absolute Gasteiger partial charge is 0.395 e. The van der Waals surface area contributed by atoms with Crippen molar-refractivity contribution in [3.8, 4) is 0 Å². The Bertz CT molecular complexity index is 1100. The molecule has 1 aliphatic heterocycles. The summed E-state index contributed by atoms with van der Waals surface area (Å²) in [6.45, 7) is 0. The second kappa shape index (κ2) is 6.47. The minimum Gasteiger partial charge on any atom is -0.395 e. The molecule has 0 unspecified atom stereocenters. The molecular formula is C19H11N3O6. The molecule has 2 heterocycles. The Kier molecular flexibility index (Phi) is 3.96. The Balaban J connectivity index is 1.52. The maximum absolute atomic E-state index is 12.5. The molecule has 3 aromatic rings. The summed E-state index contributed by atoms with van der Waals surface area (Å²) in [7, 11) is 0. The summed E-state index contributed by atoms with van der Waals surface area (Å²) < 4.78 is 4.84.